The minimum absolute atomic E-state index is 0.382. The van der Waals surface area contributed by atoms with E-state index in [1.165, 1.54) is 13.8 Å². The van der Waals surface area contributed by atoms with Crippen LogP contribution in [0, 0.1) is 6.92 Å². The average molecular weight is 281 g/mol. The molecule has 1 fully saturated rings. The fraction of sp³-hybridized carbons (Fsp3) is 0.385. The molecule has 19 heavy (non-hydrogen) atoms. The van der Waals surface area contributed by atoms with Crippen molar-refractivity contribution < 1.29 is 18.0 Å². The third-order valence-electron chi connectivity index (χ3n) is 3.34. The fourth-order valence-electron chi connectivity index (χ4n) is 1.87. The van der Waals surface area contributed by atoms with Gasteiger partial charge in [0.2, 0.25) is 0 Å². The van der Waals surface area contributed by atoms with Gasteiger partial charge in [-0.05, 0) is 20.8 Å². The summed E-state index contributed by atoms with van der Waals surface area (Å²) in [7, 11) is -3.70. The highest BCUT2D eigenvalue weighted by atomic mass is 32.2. The Morgan fingerprint density at radius 3 is 2.21 bits per heavy atom. The van der Waals surface area contributed by atoms with Crippen LogP contribution in [0.1, 0.15) is 29.8 Å². The maximum atomic E-state index is 11.9. The van der Waals surface area contributed by atoms with Gasteiger partial charge in [-0.25, -0.2) is 12.7 Å². The van der Waals surface area contributed by atoms with Gasteiger partial charge >= 0.3 is 0 Å². The summed E-state index contributed by atoms with van der Waals surface area (Å²) in [6.07, 6.45) is 0. The number of carbonyl (C=O) groups excluding carboxylic acids is 2. The summed E-state index contributed by atoms with van der Waals surface area (Å²) in [4.78, 5) is 23.7. The number of hydrogen-bond donors (Lipinski definition) is 0. The topological polar surface area (TPSA) is 71.5 Å². The Hall–Kier alpha value is -1.69. The zero-order valence-corrected chi connectivity index (χ0v) is 11.8. The lowest BCUT2D eigenvalue weighted by Crippen LogP contribution is -2.68. The second-order valence-corrected chi connectivity index (χ2v) is 7.53. The molecule has 0 spiro atoms. The van der Waals surface area contributed by atoms with Gasteiger partial charge in [-0.15, -0.1) is 0 Å². The molecule has 1 heterocycles. The van der Waals surface area contributed by atoms with E-state index in [1.807, 2.05) is 6.92 Å². The smallest absolute Gasteiger partial charge is 0.259 e. The van der Waals surface area contributed by atoms with E-state index in [2.05, 4.69) is 0 Å². The monoisotopic (exact) mass is 281 g/mol. The van der Waals surface area contributed by atoms with Crippen molar-refractivity contribution in [3.05, 3.63) is 35.4 Å². The first kappa shape index (κ1) is 13.7. The van der Waals surface area contributed by atoms with Crippen LogP contribution in [0.15, 0.2) is 24.3 Å². The normalized spacial score (nSPS) is 19.9. The van der Waals surface area contributed by atoms with Crippen LogP contribution in [-0.4, -0.2) is 35.7 Å². The van der Waals surface area contributed by atoms with E-state index in [1.54, 1.807) is 24.3 Å². The molecule has 1 saturated heterocycles. The van der Waals surface area contributed by atoms with Crippen molar-refractivity contribution in [3.8, 4) is 0 Å². The second-order valence-electron chi connectivity index (χ2n) is 5.12. The number of carbonyl (C=O) groups is 2. The summed E-state index contributed by atoms with van der Waals surface area (Å²) < 4.78 is 22.9. The first-order valence-corrected chi connectivity index (χ1v) is 7.28. The van der Waals surface area contributed by atoms with E-state index in [9.17, 15) is 18.0 Å². The largest absolute Gasteiger partial charge is 0.292 e. The van der Waals surface area contributed by atoms with Crippen molar-refractivity contribution in [3.63, 3.8) is 0 Å². The van der Waals surface area contributed by atoms with E-state index in [-0.39, 0.29) is 5.78 Å². The SMILES string of the molecule is Cc1ccc(C(=O)CN2C(=O)C(C)(C)S2(=O)=O)cc1. The predicted molar refractivity (Wildman–Crippen MR) is 70.2 cm³/mol. The van der Waals surface area contributed by atoms with Gasteiger partial charge in [0, 0.05) is 5.56 Å². The number of aryl methyl sites for hydroxylation is 1. The van der Waals surface area contributed by atoms with Gasteiger partial charge in [0.15, 0.2) is 10.5 Å². The molecule has 1 aliphatic heterocycles. The van der Waals surface area contributed by atoms with Crippen LogP contribution in [0.3, 0.4) is 0 Å². The average Bonchev–Trinajstić information content (AvgIpc) is 2.35. The number of sulfonamides is 1. The van der Waals surface area contributed by atoms with Crippen molar-refractivity contribution in [2.24, 2.45) is 0 Å². The molecule has 0 unspecified atom stereocenters. The molecule has 1 amide bonds. The molecule has 0 N–H and O–H groups in total. The molecule has 1 aromatic carbocycles. The van der Waals surface area contributed by atoms with E-state index >= 15 is 0 Å². The Balaban J connectivity index is 2.18. The summed E-state index contributed by atoms with van der Waals surface area (Å²) in [5.74, 6) is -0.916. The van der Waals surface area contributed by atoms with Crippen LogP contribution in [0.5, 0.6) is 0 Å². The fourth-order valence-corrected chi connectivity index (χ4v) is 3.36. The second kappa shape index (κ2) is 4.16. The van der Waals surface area contributed by atoms with E-state index in [4.69, 9.17) is 0 Å². The molecule has 102 valence electrons. The van der Waals surface area contributed by atoms with Crippen molar-refractivity contribution in [1.29, 1.82) is 0 Å². The first-order chi connectivity index (χ1) is 8.68. The third kappa shape index (κ3) is 1.96. The van der Waals surface area contributed by atoms with Crippen LogP contribution in [0.2, 0.25) is 0 Å². The summed E-state index contributed by atoms with van der Waals surface area (Å²) in [6.45, 7) is 4.16. The van der Waals surface area contributed by atoms with Crippen molar-refractivity contribution in [1.82, 2.24) is 4.31 Å². The Labute approximate surface area is 112 Å². The number of hydrogen-bond acceptors (Lipinski definition) is 4. The predicted octanol–water partition coefficient (Wildman–Crippen LogP) is 1.13. The third-order valence-corrected chi connectivity index (χ3v) is 5.68. The molecule has 5 nitrogen and oxygen atoms in total. The lowest BCUT2D eigenvalue weighted by Gasteiger charge is -2.42. The molecule has 0 bridgehead atoms. The standard InChI is InChI=1S/C13H15NO4S/c1-9-4-6-10(7-5-9)11(15)8-14-12(16)13(2,3)19(14,17)18/h4-7H,8H2,1-3H3. The molecule has 0 atom stereocenters. The number of benzene rings is 1. The number of rotatable bonds is 3. The van der Waals surface area contributed by atoms with Gasteiger partial charge < -0.3 is 0 Å². The number of amides is 1. The van der Waals surface area contributed by atoms with E-state index in [0.29, 0.717) is 9.87 Å². The lowest BCUT2D eigenvalue weighted by atomic mass is 10.1. The molecule has 0 radical (unpaired) electrons. The van der Waals surface area contributed by atoms with Gasteiger partial charge in [-0.3, -0.25) is 9.59 Å². The molecule has 0 aliphatic carbocycles. The van der Waals surface area contributed by atoms with E-state index < -0.39 is 27.2 Å². The van der Waals surface area contributed by atoms with Gasteiger partial charge in [0.05, 0.1) is 0 Å². The van der Waals surface area contributed by atoms with Crippen molar-refractivity contribution in [2.75, 3.05) is 6.54 Å². The Morgan fingerprint density at radius 2 is 1.74 bits per heavy atom. The highest BCUT2D eigenvalue weighted by molar-refractivity contribution is 7.94. The maximum Gasteiger partial charge on any atom is 0.259 e. The summed E-state index contributed by atoms with van der Waals surface area (Å²) >= 11 is 0. The van der Waals surface area contributed by atoms with Gasteiger partial charge in [0.1, 0.15) is 6.54 Å². The maximum absolute atomic E-state index is 11.9. The number of Topliss-reactive ketones (excluding diaryl/α,β-unsaturated/α-hetero) is 1. The molecule has 1 aliphatic rings. The lowest BCUT2D eigenvalue weighted by molar-refractivity contribution is -0.131. The Bertz CT molecular complexity index is 644. The molecule has 0 aromatic heterocycles. The zero-order valence-electron chi connectivity index (χ0n) is 11.0. The van der Waals surface area contributed by atoms with Gasteiger partial charge in [-0.1, -0.05) is 29.8 Å². The van der Waals surface area contributed by atoms with Crippen LogP contribution in [0.25, 0.3) is 0 Å². The Morgan fingerprint density at radius 1 is 1.21 bits per heavy atom. The van der Waals surface area contributed by atoms with Crippen molar-refractivity contribution >= 4 is 21.7 Å². The number of ketones is 1. The van der Waals surface area contributed by atoms with Crippen LogP contribution in [0.4, 0.5) is 0 Å². The molecule has 6 heteroatoms. The molecule has 0 saturated carbocycles. The van der Waals surface area contributed by atoms with Crippen LogP contribution >= 0.6 is 0 Å². The minimum Gasteiger partial charge on any atom is -0.292 e. The quantitative estimate of drug-likeness (QED) is 0.779. The molecule has 2 rings (SSSR count). The van der Waals surface area contributed by atoms with Gasteiger partial charge in [0.25, 0.3) is 15.9 Å². The number of nitrogens with zero attached hydrogens (tertiary/aromatic N) is 1. The van der Waals surface area contributed by atoms with Gasteiger partial charge in [-0.2, -0.15) is 0 Å². The molecular weight excluding hydrogens is 266 g/mol. The van der Waals surface area contributed by atoms with E-state index in [0.717, 1.165) is 5.56 Å². The first-order valence-electron chi connectivity index (χ1n) is 5.84. The van der Waals surface area contributed by atoms with Crippen molar-refractivity contribution in [2.45, 2.75) is 25.5 Å². The van der Waals surface area contributed by atoms with Crippen LogP contribution in [-0.2, 0) is 14.8 Å². The zero-order chi connectivity index (χ0) is 14.4. The molecular formula is C13H15NO4S. The minimum atomic E-state index is -3.70. The highest BCUT2D eigenvalue weighted by Gasteiger charge is 2.60. The molecule has 1 aromatic rings. The summed E-state index contributed by atoms with van der Waals surface area (Å²) in [5, 5.41) is 0. The van der Waals surface area contributed by atoms with Crippen LogP contribution < -0.4 is 0 Å². The summed E-state index contributed by atoms with van der Waals surface area (Å²) in [5.41, 5.74) is 1.41. The Kier molecular flexibility index (Phi) is 3.01. The summed E-state index contributed by atoms with van der Waals surface area (Å²) in [6, 6.07) is 6.78. The highest BCUT2D eigenvalue weighted by Crippen LogP contribution is 2.34.